The molecule has 0 radical (unpaired) electrons. The Kier molecular flexibility index (Phi) is 9.37. The Bertz CT molecular complexity index is 1030. The quantitative estimate of drug-likeness (QED) is 0.395. The summed E-state index contributed by atoms with van der Waals surface area (Å²) in [5.41, 5.74) is 1.35. The number of ether oxygens (including phenoxy) is 3. The molecule has 1 fully saturated rings. The van der Waals surface area contributed by atoms with Gasteiger partial charge in [0.25, 0.3) is 7.37 Å². The Morgan fingerprint density at radius 3 is 2.03 bits per heavy atom. The highest BCUT2D eigenvalue weighted by Gasteiger charge is 2.43. The number of aliphatic hydroxyl groups is 1. The van der Waals surface area contributed by atoms with Crippen LogP contribution in [-0.4, -0.2) is 46.6 Å². The fourth-order valence-electron chi connectivity index (χ4n) is 5.10. The lowest BCUT2D eigenvalue weighted by atomic mass is 9.75. The van der Waals surface area contributed by atoms with E-state index in [1.807, 2.05) is 31.1 Å². The molecule has 0 spiro atoms. The number of nitrogens with zero attached hydrogens (tertiary/aromatic N) is 1. The summed E-state index contributed by atoms with van der Waals surface area (Å²) in [5, 5.41) is 12.2. The van der Waals surface area contributed by atoms with E-state index in [0.717, 1.165) is 24.9 Å². The van der Waals surface area contributed by atoms with E-state index in [1.54, 1.807) is 24.3 Å². The van der Waals surface area contributed by atoms with Crippen molar-refractivity contribution in [2.45, 2.75) is 52.0 Å². The fraction of sp³-hybridized carbons (Fsp3) is 0.571. The zero-order valence-electron chi connectivity index (χ0n) is 22.9. The summed E-state index contributed by atoms with van der Waals surface area (Å²) in [6.45, 7) is 6.58. The molecule has 0 amide bonds. The van der Waals surface area contributed by atoms with E-state index in [9.17, 15) is 9.67 Å². The highest BCUT2D eigenvalue weighted by molar-refractivity contribution is 7.67. The predicted octanol–water partition coefficient (Wildman–Crippen LogP) is 5.85. The zero-order valence-corrected chi connectivity index (χ0v) is 23.7. The van der Waals surface area contributed by atoms with E-state index < -0.39 is 13.2 Å². The van der Waals surface area contributed by atoms with Gasteiger partial charge in [-0.05, 0) is 72.6 Å². The lowest BCUT2D eigenvalue weighted by Gasteiger charge is -2.40. The predicted molar refractivity (Wildman–Crippen MR) is 145 cm³/mol. The summed E-state index contributed by atoms with van der Waals surface area (Å²) in [6.07, 6.45) is 2.73. The maximum Gasteiger partial charge on any atom is 0.264 e. The third-order valence-corrected chi connectivity index (χ3v) is 9.83. The molecule has 0 heterocycles. The Hall–Kier alpha value is -2.21. The molecule has 7 nitrogen and oxygen atoms in total. The monoisotopic (exact) mass is 519 g/mol. The molecule has 0 aromatic heterocycles. The number of aliphatic hydroxyl groups excluding tert-OH is 1. The molecular weight excluding hydrogens is 477 g/mol. The maximum atomic E-state index is 14.9. The van der Waals surface area contributed by atoms with Gasteiger partial charge in [0.1, 0.15) is 0 Å². The molecule has 1 saturated carbocycles. The molecule has 0 aliphatic heterocycles. The van der Waals surface area contributed by atoms with E-state index >= 15 is 0 Å². The van der Waals surface area contributed by atoms with Gasteiger partial charge in [0.05, 0.1) is 27.4 Å². The number of hydrogen-bond acceptors (Lipinski definition) is 7. The van der Waals surface area contributed by atoms with Crippen molar-refractivity contribution in [2.75, 3.05) is 40.3 Å². The molecule has 0 saturated heterocycles. The Balaban J connectivity index is 2.13. The standard InChI is InChI=1S/C28H42NO6P/c1-18(2)23-14-9-19(3)15-24(23)35-36(31,22-12-10-21(11-13-22)29(4)5)28(30)20-16-25(32-6)27(34-8)26(17-20)33-7/h10-13,16-19,23-24,28,30H,9,14-15H2,1-8H3/t19-,23+,24+,28+,36+/m0/s1. The van der Waals surface area contributed by atoms with Crippen LogP contribution < -0.4 is 24.4 Å². The first-order chi connectivity index (χ1) is 17.0. The van der Waals surface area contributed by atoms with Crippen molar-refractivity contribution < 1.29 is 28.4 Å². The summed E-state index contributed by atoms with van der Waals surface area (Å²) in [5.74, 6) is 0.865. The van der Waals surface area contributed by atoms with Gasteiger partial charge in [0, 0.05) is 25.1 Å². The van der Waals surface area contributed by atoms with E-state index in [0.29, 0.717) is 40.0 Å². The first-order valence-electron chi connectivity index (χ1n) is 12.6. The van der Waals surface area contributed by atoms with Crippen LogP contribution in [0, 0.1) is 17.8 Å². The molecule has 0 bridgehead atoms. The molecule has 8 heteroatoms. The van der Waals surface area contributed by atoms with E-state index in [-0.39, 0.29) is 12.0 Å². The summed E-state index contributed by atoms with van der Waals surface area (Å²) in [7, 11) is 4.64. The van der Waals surface area contributed by atoms with Crippen LogP contribution in [-0.2, 0) is 9.09 Å². The SMILES string of the molecule is COc1cc([C@H](O)[P@](=O)(O[C@@H]2C[C@@H](C)CC[C@@H]2C(C)C)c2ccc(N(C)C)cc2)cc(OC)c1OC. The van der Waals surface area contributed by atoms with Crippen LogP contribution in [0.25, 0.3) is 0 Å². The van der Waals surface area contributed by atoms with Crippen molar-refractivity contribution in [1.82, 2.24) is 0 Å². The van der Waals surface area contributed by atoms with Gasteiger partial charge >= 0.3 is 0 Å². The van der Waals surface area contributed by atoms with Crippen molar-refractivity contribution >= 4 is 18.4 Å². The van der Waals surface area contributed by atoms with Crippen molar-refractivity contribution in [2.24, 2.45) is 17.8 Å². The lowest BCUT2D eigenvalue weighted by Crippen LogP contribution is -2.35. The minimum Gasteiger partial charge on any atom is -0.493 e. The van der Waals surface area contributed by atoms with Gasteiger partial charge in [-0.2, -0.15) is 0 Å². The Morgan fingerprint density at radius 1 is 0.972 bits per heavy atom. The minimum atomic E-state index is -3.81. The van der Waals surface area contributed by atoms with E-state index in [1.165, 1.54) is 21.3 Å². The number of anilines is 1. The first-order valence-corrected chi connectivity index (χ1v) is 14.3. The van der Waals surface area contributed by atoms with Crippen LogP contribution in [0.3, 0.4) is 0 Å². The fourth-order valence-corrected chi connectivity index (χ4v) is 7.37. The van der Waals surface area contributed by atoms with Crippen LogP contribution in [0.15, 0.2) is 36.4 Å². The van der Waals surface area contributed by atoms with Crippen molar-refractivity contribution in [1.29, 1.82) is 0 Å². The second-order valence-electron chi connectivity index (χ2n) is 10.3. The average Bonchev–Trinajstić information content (AvgIpc) is 2.87. The highest BCUT2D eigenvalue weighted by Crippen LogP contribution is 2.61. The first kappa shape index (κ1) is 28.4. The largest absolute Gasteiger partial charge is 0.493 e. The van der Waals surface area contributed by atoms with Gasteiger partial charge in [0.2, 0.25) is 5.75 Å². The van der Waals surface area contributed by atoms with E-state index in [2.05, 4.69) is 20.8 Å². The average molecular weight is 520 g/mol. The molecule has 3 rings (SSSR count). The van der Waals surface area contributed by atoms with Crippen LogP contribution >= 0.6 is 7.37 Å². The summed E-state index contributed by atoms with van der Waals surface area (Å²) in [4.78, 5) is 1.98. The number of hydrogen-bond donors (Lipinski definition) is 1. The maximum absolute atomic E-state index is 14.9. The molecule has 2 aromatic carbocycles. The molecule has 36 heavy (non-hydrogen) atoms. The van der Waals surface area contributed by atoms with Crippen molar-refractivity contribution in [3.05, 3.63) is 42.0 Å². The summed E-state index contributed by atoms with van der Waals surface area (Å²) >= 11 is 0. The Morgan fingerprint density at radius 2 is 1.56 bits per heavy atom. The van der Waals surface area contributed by atoms with E-state index in [4.69, 9.17) is 18.7 Å². The highest BCUT2D eigenvalue weighted by atomic mass is 31.2. The normalized spacial score (nSPS) is 22.6. The van der Waals surface area contributed by atoms with Gasteiger partial charge in [-0.15, -0.1) is 0 Å². The molecular formula is C28H42NO6P. The number of methoxy groups -OCH3 is 3. The molecule has 1 aliphatic rings. The topological polar surface area (TPSA) is 77.5 Å². The minimum absolute atomic E-state index is 0.218. The molecule has 1 N–H and O–H groups in total. The second-order valence-corrected chi connectivity index (χ2v) is 12.7. The number of rotatable bonds is 10. The Labute approximate surface area is 216 Å². The third kappa shape index (κ3) is 5.85. The number of benzene rings is 2. The molecule has 2 aromatic rings. The van der Waals surface area contributed by atoms with Crippen LogP contribution in [0.4, 0.5) is 5.69 Å². The smallest absolute Gasteiger partial charge is 0.264 e. The van der Waals surface area contributed by atoms with Gasteiger partial charge in [-0.1, -0.05) is 27.2 Å². The van der Waals surface area contributed by atoms with Gasteiger partial charge in [-0.25, -0.2) is 0 Å². The van der Waals surface area contributed by atoms with Crippen molar-refractivity contribution in [3.8, 4) is 17.2 Å². The zero-order chi connectivity index (χ0) is 26.6. The molecule has 5 atom stereocenters. The van der Waals surface area contributed by atoms with Crippen molar-refractivity contribution in [3.63, 3.8) is 0 Å². The van der Waals surface area contributed by atoms with Gasteiger partial charge in [0.15, 0.2) is 17.3 Å². The van der Waals surface area contributed by atoms with Crippen LogP contribution in [0.2, 0.25) is 0 Å². The molecule has 1 aliphatic carbocycles. The van der Waals surface area contributed by atoms with Crippen LogP contribution in [0.5, 0.6) is 17.2 Å². The van der Waals surface area contributed by atoms with Gasteiger partial charge < -0.3 is 28.7 Å². The second kappa shape index (κ2) is 11.9. The summed E-state index contributed by atoms with van der Waals surface area (Å²) in [6, 6.07) is 10.7. The third-order valence-electron chi connectivity index (χ3n) is 7.29. The summed E-state index contributed by atoms with van der Waals surface area (Å²) < 4.78 is 37.9. The molecule has 200 valence electrons. The van der Waals surface area contributed by atoms with Gasteiger partial charge in [-0.3, -0.25) is 4.57 Å². The lowest BCUT2D eigenvalue weighted by molar-refractivity contribution is 0.0427. The molecule has 0 unspecified atom stereocenters. The van der Waals surface area contributed by atoms with Crippen LogP contribution in [0.1, 0.15) is 51.4 Å².